The third kappa shape index (κ3) is 3.24. The van der Waals surface area contributed by atoms with Crippen molar-refractivity contribution < 1.29 is 14.3 Å². The fourth-order valence-electron chi connectivity index (χ4n) is 3.54. The number of nitrogens with one attached hydrogen (secondary N) is 1. The van der Waals surface area contributed by atoms with Crippen LogP contribution in [0, 0.1) is 0 Å². The number of hydrogen-bond donors (Lipinski definition) is 1. The largest absolute Gasteiger partial charge is 0.481 e. The van der Waals surface area contributed by atoms with Gasteiger partial charge in [0.05, 0.1) is 14.2 Å². The number of likely N-dealkylation sites (N-methyl/N-ethyl adjacent to an activating group) is 1. The van der Waals surface area contributed by atoms with E-state index in [0.717, 1.165) is 38.3 Å². The normalized spacial score (nSPS) is 25.3. The van der Waals surface area contributed by atoms with Crippen molar-refractivity contribution in [2.45, 2.75) is 24.8 Å². The third-order valence-corrected chi connectivity index (χ3v) is 5.11. The summed E-state index contributed by atoms with van der Waals surface area (Å²) in [4.78, 5) is 25.0. The van der Waals surface area contributed by atoms with Gasteiger partial charge in [0.25, 0.3) is 0 Å². The molecule has 8 nitrogen and oxygen atoms in total. The van der Waals surface area contributed by atoms with Crippen molar-refractivity contribution in [2.24, 2.45) is 0 Å². The van der Waals surface area contributed by atoms with E-state index in [1.54, 1.807) is 14.2 Å². The van der Waals surface area contributed by atoms with Crippen LogP contribution in [-0.2, 0) is 4.79 Å². The predicted octanol–water partition coefficient (Wildman–Crippen LogP) is 0.285. The van der Waals surface area contributed by atoms with Crippen molar-refractivity contribution in [2.75, 3.05) is 52.3 Å². The summed E-state index contributed by atoms with van der Waals surface area (Å²) in [6.45, 7) is 3.32. The summed E-state index contributed by atoms with van der Waals surface area (Å²) >= 11 is 0. The fourth-order valence-corrected chi connectivity index (χ4v) is 3.54. The van der Waals surface area contributed by atoms with Gasteiger partial charge in [0.15, 0.2) is 0 Å². The second kappa shape index (κ2) is 6.80. The van der Waals surface area contributed by atoms with Crippen molar-refractivity contribution >= 4 is 11.7 Å². The SMILES string of the molecule is COc1cc(N2CCN(C)[C@@]3(CCNC(=O)CC3)C2)nc(OC)n1. The molecule has 1 N–H and O–H groups in total. The summed E-state index contributed by atoms with van der Waals surface area (Å²) in [5.74, 6) is 1.43. The van der Waals surface area contributed by atoms with E-state index in [0.29, 0.717) is 24.9 Å². The average molecular weight is 335 g/mol. The standard InChI is InChI=1S/C16H25N5O3/c1-20-8-9-21(11-16(20)5-4-13(22)17-7-6-16)12-10-14(23-2)19-15(18-12)24-3/h10H,4-9,11H2,1-3H3,(H,17,22)/t16-/m0/s1. The van der Waals surface area contributed by atoms with Crippen LogP contribution in [0.4, 0.5) is 5.82 Å². The zero-order valence-electron chi connectivity index (χ0n) is 14.5. The number of piperazine rings is 1. The summed E-state index contributed by atoms with van der Waals surface area (Å²) in [5.41, 5.74) is -0.0250. The van der Waals surface area contributed by atoms with Gasteiger partial charge in [-0.25, -0.2) is 0 Å². The molecule has 2 fully saturated rings. The minimum Gasteiger partial charge on any atom is -0.481 e. The van der Waals surface area contributed by atoms with Gasteiger partial charge in [0.1, 0.15) is 5.82 Å². The van der Waals surface area contributed by atoms with Crippen molar-refractivity contribution in [3.63, 3.8) is 0 Å². The first-order valence-electron chi connectivity index (χ1n) is 8.26. The number of methoxy groups -OCH3 is 2. The minimum absolute atomic E-state index is 0.0250. The Labute approximate surface area is 142 Å². The van der Waals surface area contributed by atoms with Gasteiger partial charge in [0.2, 0.25) is 11.8 Å². The molecule has 1 atom stereocenters. The first-order chi connectivity index (χ1) is 11.6. The molecule has 3 rings (SSSR count). The molecule has 0 saturated carbocycles. The Bertz CT molecular complexity index is 589. The third-order valence-electron chi connectivity index (χ3n) is 5.11. The monoisotopic (exact) mass is 335 g/mol. The van der Waals surface area contributed by atoms with Crippen LogP contribution < -0.4 is 19.7 Å². The van der Waals surface area contributed by atoms with Crippen LogP contribution in [0.3, 0.4) is 0 Å². The molecule has 8 heteroatoms. The Morgan fingerprint density at radius 3 is 2.79 bits per heavy atom. The predicted molar refractivity (Wildman–Crippen MR) is 89.6 cm³/mol. The maximum atomic E-state index is 11.7. The van der Waals surface area contributed by atoms with E-state index in [9.17, 15) is 4.79 Å². The topological polar surface area (TPSA) is 79.8 Å². The van der Waals surface area contributed by atoms with Gasteiger partial charge in [0, 0.05) is 44.2 Å². The van der Waals surface area contributed by atoms with Crippen LogP contribution in [0.1, 0.15) is 19.3 Å². The minimum atomic E-state index is -0.0250. The summed E-state index contributed by atoms with van der Waals surface area (Å²) in [7, 11) is 5.28. The van der Waals surface area contributed by atoms with E-state index < -0.39 is 0 Å². The van der Waals surface area contributed by atoms with E-state index in [1.165, 1.54) is 0 Å². The number of carbonyl (C=O) groups is 1. The van der Waals surface area contributed by atoms with Crippen LogP contribution in [0.15, 0.2) is 6.07 Å². The van der Waals surface area contributed by atoms with Crippen LogP contribution in [0.25, 0.3) is 0 Å². The number of anilines is 1. The molecule has 24 heavy (non-hydrogen) atoms. The molecule has 0 aliphatic carbocycles. The molecular formula is C16H25N5O3. The molecule has 1 aromatic rings. The smallest absolute Gasteiger partial charge is 0.321 e. The van der Waals surface area contributed by atoms with Gasteiger partial charge in [-0.1, -0.05) is 0 Å². The molecule has 0 unspecified atom stereocenters. The summed E-state index contributed by atoms with van der Waals surface area (Å²) in [6.07, 6.45) is 2.35. The molecule has 0 bridgehead atoms. The van der Waals surface area contributed by atoms with E-state index in [2.05, 4.69) is 32.1 Å². The summed E-state index contributed by atoms with van der Waals surface area (Å²) < 4.78 is 10.4. The first kappa shape index (κ1) is 16.8. The van der Waals surface area contributed by atoms with Crippen molar-refractivity contribution in [1.82, 2.24) is 20.2 Å². The lowest BCUT2D eigenvalue weighted by Crippen LogP contribution is -2.61. The van der Waals surface area contributed by atoms with E-state index in [4.69, 9.17) is 9.47 Å². The maximum Gasteiger partial charge on any atom is 0.321 e. The Hall–Kier alpha value is -2.09. The molecule has 2 saturated heterocycles. The van der Waals surface area contributed by atoms with Crippen LogP contribution in [-0.4, -0.2) is 73.8 Å². The molecule has 1 spiro atoms. The average Bonchev–Trinajstić information content (AvgIpc) is 2.79. The maximum absolute atomic E-state index is 11.7. The zero-order chi connectivity index (χ0) is 17.2. The second-order valence-electron chi connectivity index (χ2n) is 6.42. The number of rotatable bonds is 3. The lowest BCUT2D eigenvalue weighted by Gasteiger charge is -2.49. The Balaban J connectivity index is 1.86. The molecule has 1 aromatic heterocycles. The van der Waals surface area contributed by atoms with Crippen LogP contribution >= 0.6 is 0 Å². The Morgan fingerprint density at radius 2 is 2.04 bits per heavy atom. The second-order valence-corrected chi connectivity index (χ2v) is 6.42. The van der Waals surface area contributed by atoms with E-state index in [1.807, 2.05) is 6.07 Å². The molecule has 0 aromatic carbocycles. The van der Waals surface area contributed by atoms with Gasteiger partial charge < -0.3 is 19.7 Å². The van der Waals surface area contributed by atoms with E-state index >= 15 is 0 Å². The summed E-state index contributed by atoms with van der Waals surface area (Å²) in [6, 6.07) is 2.14. The first-order valence-corrected chi connectivity index (χ1v) is 8.26. The molecule has 2 aliphatic rings. The number of amides is 1. The van der Waals surface area contributed by atoms with Gasteiger partial charge in [-0.05, 0) is 19.9 Å². The van der Waals surface area contributed by atoms with Crippen molar-refractivity contribution in [3.8, 4) is 11.9 Å². The van der Waals surface area contributed by atoms with Crippen molar-refractivity contribution in [1.29, 1.82) is 0 Å². The molecule has 3 heterocycles. The van der Waals surface area contributed by atoms with Gasteiger partial charge >= 0.3 is 6.01 Å². The molecule has 2 aliphatic heterocycles. The number of carbonyl (C=O) groups excluding carboxylic acids is 1. The lowest BCUT2D eigenvalue weighted by molar-refractivity contribution is -0.120. The quantitative estimate of drug-likeness (QED) is 0.850. The molecule has 132 valence electrons. The number of nitrogens with zero attached hydrogens (tertiary/aromatic N) is 4. The van der Waals surface area contributed by atoms with Gasteiger partial charge in [-0.2, -0.15) is 9.97 Å². The van der Waals surface area contributed by atoms with Gasteiger partial charge in [-0.15, -0.1) is 0 Å². The highest BCUT2D eigenvalue weighted by atomic mass is 16.5. The van der Waals surface area contributed by atoms with Crippen LogP contribution in [0.2, 0.25) is 0 Å². The van der Waals surface area contributed by atoms with E-state index in [-0.39, 0.29) is 11.4 Å². The van der Waals surface area contributed by atoms with Crippen LogP contribution in [0.5, 0.6) is 11.9 Å². The lowest BCUT2D eigenvalue weighted by atomic mass is 9.86. The highest BCUT2D eigenvalue weighted by molar-refractivity contribution is 5.76. The highest BCUT2D eigenvalue weighted by Gasteiger charge is 2.41. The number of ether oxygens (including phenoxy) is 2. The zero-order valence-corrected chi connectivity index (χ0v) is 14.5. The highest BCUT2D eigenvalue weighted by Crippen LogP contribution is 2.33. The Morgan fingerprint density at radius 1 is 1.21 bits per heavy atom. The van der Waals surface area contributed by atoms with Crippen molar-refractivity contribution in [3.05, 3.63) is 6.07 Å². The molecule has 1 amide bonds. The molecule has 0 radical (unpaired) electrons. The Kier molecular flexibility index (Phi) is 4.75. The summed E-state index contributed by atoms with van der Waals surface area (Å²) in [5, 5.41) is 2.98. The number of hydrogen-bond acceptors (Lipinski definition) is 7. The number of aromatic nitrogens is 2. The molecular weight excluding hydrogens is 310 g/mol. The fraction of sp³-hybridized carbons (Fsp3) is 0.688. The van der Waals surface area contributed by atoms with Gasteiger partial charge in [-0.3, -0.25) is 9.69 Å².